The maximum Gasteiger partial charge on any atom is 3.00 e. The van der Waals surface area contributed by atoms with Gasteiger partial charge in [-0.25, -0.2) is 0 Å². The van der Waals surface area contributed by atoms with E-state index in [0.29, 0.717) is 0 Å². The summed E-state index contributed by atoms with van der Waals surface area (Å²) in [7, 11) is 0. The third-order valence-corrected chi connectivity index (χ3v) is 0. The van der Waals surface area contributed by atoms with Gasteiger partial charge in [0.2, 0.25) is 0 Å². The van der Waals surface area contributed by atoms with Crippen LogP contribution in [-0.2, 0) is 50.6 Å². The standard InChI is InChI=1S/2Al.2Cu.2Mg.3O.4H/q2*+3;;;;;3*-2;;;;. The molecule has 0 atom stereocenters. The fourth-order valence-electron chi connectivity index (χ4n) is 0. The van der Waals surface area contributed by atoms with Crippen LogP contribution in [0, 0.1) is 0 Å². The van der Waals surface area contributed by atoms with Crippen molar-refractivity contribution < 1.29 is 50.6 Å². The summed E-state index contributed by atoms with van der Waals surface area (Å²) in [5.41, 5.74) is 0. The second-order valence-electron chi connectivity index (χ2n) is 0. The smallest absolute Gasteiger partial charge is 2.00 e. The van der Waals surface area contributed by atoms with Gasteiger partial charge in [-0.1, -0.05) is 0 Å². The minimum Gasteiger partial charge on any atom is -2.00 e. The molecular formula is H4Al2Cu2Mg2O3. The molecule has 0 rings (SSSR count). The first-order valence-corrected chi connectivity index (χ1v) is 0. The van der Waals surface area contributed by atoms with Crippen LogP contribution in [0.25, 0.3) is 0 Å². The Morgan fingerprint density at radius 2 is 0.444 bits per heavy atom. The topological polar surface area (TPSA) is 85.5 Å². The molecule has 0 aliphatic carbocycles. The summed E-state index contributed by atoms with van der Waals surface area (Å²) < 4.78 is 0. The van der Waals surface area contributed by atoms with Crippen molar-refractivity contribution in [3.8, 4) is 0 Å². The van der Waals surface area contributed by atoms with Gasteiger partial charge in [-0.15, -0.1) is 0 Å². The van der Waals surface area contributed by atoms with Crippen molar-refractivity contribution in [2.75, 3.05) is 0 Å². The van der Waals surface area contributed by atoms with Gasteiger partial charge >= 0.3 is 80.8 Å². The van der Waals surface area contributed by atoms with Gasteiger partial charge < -0.3 is 16.4 Å². The molecule has 0 aromatic carbocycles. The SMILES string of the molecule is [Al+3].[Al+3].[Cu].[Cu].[MgH2].[MgH2].[O-2].[O-2].[O-2]. The van der Waals surface area contributed by atoms with Gasteiger partial charge in [-0.05, 0) is 0 Å². The first kappa shape index (κ1) is 134. The van der Waals surface area contributed by atoms with Crippen LogP contribution in [-0.4, -0.2) is 80.8 Å². The van der Waals surface area contributed by atoms with E-state index in [1.165, 1.54) is 0 Å². The molecule has 0 aromatic heterocycles. The van der Waals surface area contributed by atoms with Gasteiger partial charge in [0.1, 0.15) is 0 Å². The number of rotatable bonds is 0. The summed E-state index contributed by atoms with van der Waals surface area (Å²) in [4.78, 5) is 0. The fourth-order valence-corrected chi connectivity index (χ4v) is 0. The second-order valence-corrected chi connectivity index (χ2v) is 0. The number of hydrogen-bond acceptors (Lipinski definition) is 0. The molecule has 2 radical (unpaired) electrons. The molecule has 0 fully saturated rings. The van der Waals surface area contributed by atoms with E-state index in [4.69, 9.17) is 0 Å². The van der Waals surface area contributed by atoms with E-state index in [1.54, 1.807) is 0 Å². The maximum atomic E-state index is 0. The predicted molar refractivity (Wildman–Crippen MR) is 30.7 cm³/mol. The minimum absolute atomic E-state index is 0. The van der Waals surface area contributed by atoms with Gasteiger partial charge in [0.05, 0.1) is 0 Å². The van der Waals surface area contributed by atoms with Crippen LogP contribution >= 0.6 is 0 Å². The molecule has 0 aliphatic rings. The third-order valence-electron chi connectivity index (χ3n) is 0. The minimum atomic E-state index is 0. The molecule has 0 heterocycles. The summed E-state index contributed by atoms with van der Waals surface area (Å²) >= 11 is 0. The molecule has 0 saturated heterocycles. The van der Waals surface area contributed by atoms with Gasteiger partial charge in [0.25, 0.3) is 0 Å². The van der Waals surface area contributed by atoms with Crippen LogP contribution in [0.5, 0.6) is 0 Å². The van der Waals surface area contributed by atoms with Crippen LogP contribution in [0.15, 0.2) is 0 Å². The Kier molecular flexibility index (Phi) is 1540. The molecule has 0 N–H and O–H groups in total. The van der Waals surface area contributed by atoms with Crippen molar-refractivity contribution in [3.05, 3.63) is 0 Å². The zero-order chi connectivity index (χ0) is 0. The van der Waals surface area contributed by atoms with E-state index >= 15 is 0 Å². The monoisotopic (exact) mass is 280 g/mol. The Morgan fingerprint density at radius 3 is 0.444 bits per heavy atom. The molecule has 9 heteroatoms. The number of hydrogen-bond donors (Lipinski definition) is 0. The van der Waals surface area contributed by atoms with Gasteiger partial charge in [0.15, 0.2) is 0 Å². The molecule has 0 saturated carbocycles. The first-order chi connectivity index (χ1) is 0. The molecule has 0 aliphatic heterocycles. The van der Waals surface area contributed by atoms with Crippen LogP contribution in [0.3, 0.4) is 0 Å². The predicted octanol–water partition coefficient (Wildman–Crippen LogP) is -2.96. The molecule has 9 heavy (non-hydrogen) atoms. The van der Waals surface area contributed by atoms with Crippen LogP contribution < -0.4 is 0 Å². The quantitative estimate of drug-likeness (QED) is 0.425. The molecule has 0 amide bonds. The normalized spacial score (nSPS) is 0. The van der Waals surface area contributed by atoms with Crippen molar-refractivity contribution >= 4 is 80.8 Å². The molecular weight excluding hydrogens is 278 g/mol. The van der Waals surface area contributed by atoms with Gasteiger partial charge in [-0.3, -0.25) is 0 Å². The van der Waals surface area contributed by atoms with Crippen LogP contribution in [0.1, 0.15) is 0 Å². The van der Waals surface area contributed by atoms with E-state index in [2.05, 4.69) is 0 Å². The van der Waals surface area contributed by atoms with E-state index in [-0.39, 0.29) is 131 Å². The summed E-state index contributed by atoms with van der Waals surface area (Å²) in [6, 6.07) is 0. The summed E-state index contributed by atoms with van der Waals surface area (Å²) in [5, 5.41) is 0. The Balaban J connectivity index is 0. The second kappa shape index (κ2) is 103. The fraction of sp³-hybridized carbons (Fsp3) is 0. The molecule has 0 bridgehead atoms. The van der Waals surface area contributed by atoms with E-state index in [1.807, 2.05) is 0 Å². The summed E-state index contributed by atoms with van der Waals surface area (Å²) in [6.45, 7) is 0. The van der Waals surface area contributed by atoms with Crippen LogP contribution in [0.4, 0.5) is 0 Å². The third kappa shape index (κ3) is 84.3. The van der Waals surface area contributed by atoms with Crippen molar-refractivity contribution in [1.29, 1.82) is 0 Å². The molecule has 0 aromatic rings. The van der Waals surface area contributed by atoms with Crippen molar-refractivity contribution in [1.82, 2.24) is 0 Å². The maximum absolute atomic E-state index is 0. The zero-order valence-electron chi connectivity index (χ0n) is 2.98. The van der Waals surface area contributed by atoms with E-state index in [9.17, 15) is 0 Å². The summed E-state index contributed by atoms with van der Waals surface area (Å²) in [5.74, 6) is 0. The molecule has 0 unspecified atom stereocenters. The largest absolute Gasteiger partial charge is 3.00 e. The van der Waals surface area contributed by atoms with Gasteiger partial charge in [-0.2, -0.15) is 0 Å². The molecule has 3 nitrogen and oxygen atoms in total. The molecule has 54 valence electrons. The Hall–Kier alpha value is 3.52. The summed E-state index contributed by atoms with van der Waals surface area (Å²) in [6.07, 6.45) is 0. The Bertz CT molecular complexity index is 17.8. The van der Waals surface area contributed by atoms with E-state index in [0.717, 1.165) is 0 Å². The zero-order valence-corrected chi connectivity index (χ0v) is 7.18. The van der Waals surface area contributed by atoms with Crippen molar-refractivity contribution in [3.63, 3.8) is 0 Å². The molecule has 0 spiro atoms. The van der Waals surface area contributed by atoms with Crippen molar-refractivity contribution in [2.24, 2.45) is 0 Å². The van der Waals surface area contributed by atoms with Gasteiger partial charge in [0, 0.05) is 34.1 Å². The average Bonchev–Trinajstić information content (AvgIpc) is 0. The van der Waals surface area contributed by atoms with E-state index < -0.39 is 0 Å². The van der Waals surface area contributed by atoms with Crippen molar-refractivity contribution in [2.45, 2.75) is 0 Å². The first-order valence-electron chi connectivity index (χ1n) is 0. The van der Waals surface area contributed by atoms with Crippen LogP contribution in [0.2, 0.25) is 0 Å². The Morgan fingerprint density at radius 1 is 0.444 bits per heavy atom. The Labute approximate surface area is 129 Å². The average molecular weight is 282 g/mol.